The van der Waals surface area contributed by atoms with E-state index in [9.17, 15) is 4.79 Å². The smallest absolute Gasteiger partial charge is 0.317 e. The number of carbonyl (C=O) groups excluding carboxylic acids is 1. The summed E-state index contributed by atoms with van der Waals surface area (Å²) in [5, 5.41) is 2.65. The van der Waals surface area contributed by atoms with Crippen LogP contribution in [0.3, 0.4) is 0 Å². The zero-order valence-corrected chi connectivity index (χ0v) is 8.83. The number of urea groups is 1. The van der Waals surface area contributed by atoms with Gasteiger partial charge in [0.25, 0.3) is 0 Å². The summed E-state index contributed by atoms with van der Waals surface area (Å²) < 4.78 is 0. The Morgan fingerprint density at radius 2 is 2.14 bits per heavy atom. The molecule has 0 atom stereocenters. The fraction of sp³-hybridized carbons (Fsp3) is 0.889. The van der Waals surface area contributed by atoms with Crippen molar-refractivity contribution >= 4 is 6.03 Å². The molecule has 1 fully saturated rings. The third-order valence-corrected chi connectivity index (χ3v) is 2.53. The first-order chi connectivity index (χ1) is 6.77. The monoisotopic (exact) mass is 200 g/mol. The first kappa shape index (κ1) is 11.3. The minimum atomic E-state index is 0.0274. The summed E-state index contributed by atoms with van der Waals surface area (Å²) in [7, 11) is 1.67. The van der Waals surface area contributed by atoms with Gasteiger partial charge in [-0.05, 0) is 13.0 Å². The molecule has 3 N–H and O–H groups in total. The first-order valence-corrected chi connectivity index (χ1v) is 5.17. The fourth-order valence-corrected chi connectivity index (χ4v) is 1.74. The molecule has 2 amide bonds. The van der Waals surface area contributed by atoms with Crippen LogP contribution in [0.4, 0.5) is 4.79 Å². The highest BCUT2D eigenvalue weighted by Gasteiger charge is 2.17. The Bertz CT molecular complexity index is 186. The van der Waals surface area contributed by atoms with E-state index >= 15 is 0 Å². The Hall–Kier alpha value is -0.810. The number of carbonyl (C=O) groups is 1. The summed E-state index contributed by atoms with van der Waals surface area (Å²) in [5.74, 6) is 0. The van der Waals surface area contributed by atoms with Crippen LogP contribution in [0.15, 0.2) is 0 Å². The fourth-order valence-electron chi connectivity index (χ4n) is 1.74. The third-order valence-electron chi connectivity index (χ3n) is 2.53. The van der Waals surface area contributed by atoms with Gasteiger partial charge in [0.05, 0.1) is 0 Å². The highest BCUT2D eigenvalue weighted by atomic mass is 16.2. The Morgan fingerprint density at radius 1 is 1.36 bits per heavy atom. The van der Waals surface area contributed by atoms with Crippen LogP contribution in [0.25, 0.3) is 0 Å². The zero-order valence-electron chi connectivity index (χ0n) is 8.83. The second kappa shape index (κ2) is 5.82. The van der Waals surface area contributed by atoms with E-state index in [1.54, 1.807) is 7.05 Å². The van der Waals surface area contributed by atoms with Gasteiger partial charge in [0, 0.05) is 39.8 Å². The molecule has 82 valence electrons. The average Bonchev–Trinajstić information content (AvgIpc) is 2.43. The standard InChI is InChI=1S/C9H20N4O/c1-11-9(14)13-5-2-4-12(6-3-10)7-8-13/h2-8,10H2,1H3,(H,11,14). The van der Waals surface area contributed by atoms with E-state index in [2.05, 4.69) is 10.2 Å². The largest absolute Gasteiger partial charge is 0.341 e. The predicted molar refractivity (Wildman–Crippen MR) is 56.1 cm³/mol. The second-order valence-corrected chi connectivity index (χ2v) is 3.53. The minimum absolute atomic E-state index is 0.0274. The zero-order chi connectivity index (χ0) is 10.4. The van der Waals surface area contributed by atoms with E-state index in [4.69, 9.17) is 5.73 Å². The van der Waals surface area contributed by atoms with E-state index in [1.165, 1.54) is 0 Å². The van der Waals surface area contributed by atoms with Gasteiger partial charge in [0.1, 0.15) is 0 Å². The van der Waals surface area contributed by atoms with Crippen LogP contribution in [-0.2, 0) is 0 Å². The molecule has 0 aromatic rings. The van der Waals surface area contributed by atoms with Crippen molar-refractivity contribution < 1.29 is 4.79 Å². The van der Waals surface area contributed by atoms with Gasteiger partial charge in [-0.2, -0.15) is 0 Å². The van der Waals surface area contributed by atoms with Gasteiger partial charge in [0.15, 0.2) is 0 Å². The molecule has 1 aliphatic rings. The van der Waals surface area contributed by atoms with Gasteiger partial charge < -0.3 is 20.9 Å². The summed E-state index contributed by atoms with van der Waals surface area (Å²) >= 11 is 0. The molecule has 14 heavy (non-hydrogen) atoms. The van der Waals surface area contributed by atoms with Gasteiger partial charge in [0.2, 0.25) is 0 Å². The van der Waals surface area contributed by atoms with Crippen molar-refractivity contribution in [3.8, 4) is 0 Å². The average molecular weight is 200 g/mol. The summed E-state index contributed by atoms with van der Waals surface area (Å²) in [5.41, 5.74) is 5.50. The van der Waals surface area contributed by atoms with Gasteiger partial charge in [-0.15, -0.1) is 0 Å². The molecule has 0 unspecified atom stereocenters. The van der Waals surface area contributed by atoms with Crippen molar-refractivity contribution in [2.75, 3.05) is 46.3 Å². The van der Waals surface area contributed by atoms with Crippen molar-refractivity contribution in [2.24, 2.45) is 5.73 Å². The minimum Gasteiger partial charge on any atom is -0.341 e. The summed E-state index contributed by atoms with van der Waals surface area (Å²) in [4.78, 5) is 15.5. The number of rotatable bonds is 2. The number of nitrogens with zero attached hydrogens (tertiary/aromatic N) is 2. The first-order valence-electron chi connectivity index (χ1n) is 5.17. The lowest BCUT2D eigenvalue weighted by molar-refractivity contribution is 0.200. The Balaban J connectivity index is 2.36. The maximum Gasteiger partial charge on any atom is 0.317 e. The molecule has 0 saturated carbocycles. The molecule has 1 heterocycles. The Kier molecular flexibility index (Phi) is 4.69. The number of nitrogens with two attached hydrogens (primary N) is 1. The Morgan fingerprint density at radius 3 is 2.79 bits per heavy atom. The van der Waals surface area contributed by atoms with Crippen molar-refractivity contribution in [2.45, 2.75) is 6.42 Å². The number of amides is 2. The summed E-state index contributed by atoms with van der Waals surface area (Å²) in [6.45, 7) is 5.26. The number of hydrogen-bond donors (Lipinski definition) is 2. The van der Waals surface area contributed by atoms with E-state index in [-0.39, 0.29) is 6.03 Å². The topological polar surface area (TPSA) is 61.6 Å². The molecular weight excluding hydrogens is 180 g/mol. The van der Waals surface area contributed by atoms with Crippen molar-refractivity contribution in [1.29, 1.82) is 0 Å². The summed E-state index contributed by atoms with van der Waals surface area (Å²) in [6, 6.07) is 0.0274. The molecule has 0 spiro atoms. The van der Waals surface area contributed by atoms with E-state index < -0.39 is 0 Å². The van der Waals surface area contributed by atoms with Crippen LogP contribution in [0.1, 0.15) is 6.42 Å². The van der Waals surface area contributed by atoms with Gasteiger partial charge in [-0.25, -0.2) is 4.79 Å². The van der Waals surface area contributed by atoms with Crippen LogP contribution in [0.2, 0.25) is 0 Å². The lowest BCUT2D eigenvalue weighted by atomic mass is 10.4. The molecule has 0 aromatic carbocycles. The number of nitrogens with one attached hydrogen (secondary N) is 1. The van der Waals surface area contributed by atoms with E-state index in [1.807, 2.05) is 4.90 Å². The molecular formula is C9H20N4O. The molecule has 1 saturated heterocycles. The van der Waals surface area contributed by atoms with Gasteiger partial charge >= 0.3 is 6.03 Å². The summed E-state index contributed by atoms with van der Waals surface area (Å²) in [6.07, 6.45) is 1.04. The molecule has 5 heteroatoms. The van der Waals surface area contributed by atoms with Crippen molar-refractivity contribution in [3.63, 3.8) is 0 Å². The molecule has 0 aliphatic carbocycles. The molecule has 5 nitrogen and oxygen atoms in total. The highest BCUT2D eigenvalue weighted by molar-refractivity contribution is 5.73. The maximum atomic E-state index is 11.4. The van der Waals surface area contributed by atoms with Gasteiger partial charge in [-0.1, -0.05) is 0 Å². The van der Waals surface area contributed by atoms with Crippen molar-refractivity contribution in [1.82, 2.24) is 15.1 Å². The molecule has 1 rings (SSSR count). The molecule has 0 bridgehead atoms. The normalized spacial score (nSPS) is 19.1. The Labute approximate surface area is 85.2 Å². The predicted octanol–water partition coefficient (Wildman–Crippen LogP) is -0.708. The molecule has 1 aliphatic heterocycles. The molecule has 0 radical (unpaired) electrons. The van der Waals surface area contributed by atoms with Crippen LogP contribution in [0, 0.1) is 0 Å². The van der Waals surface area contributed by atoms with Crippen LogP contribution < -0.4 is 11.1 Å². The lowest BCUT2D eigenvalue weighted by Crippen LogP contribution is -2.40. The lowest BCUT2D eigenvalue weighted by Gasteiger charge is -2.20. The van der Waals surface area contributed by atoms with E-state index in [0.29, 0.717) is 6.54 Å². The second-order valence-electron chi connectivity index (χ2n) is 3.53. The quantitative estimate of drug-likeness (QED) is 0.619. The van der Waals surface area contributed by atoms with Crippen LogP contribution >= 0.6 is 0 Å². The van der Waals surface area contributed by atoms with E-state index in [0.717, 1.165) is 39.1 Å². The van der Waals surface area contributed by atoms with Crippen LogP contribution in [0.5, 0.6) is 0 Å². The van der Waals surface area contributed by atoms with Gasteiger partial charge in [-0.3, -0.25) is 0 Å². The third kappa shape index (κ3) is 3.16. The van der Waals surface area contributed by atoms with Crippen LogP contribution in [-0.4, -0.2) is 62.1 Å². The van der Waals surface area contributed by atoms with Crippen molar-refractivity contribution in [3.05, 3.63) is 0 Å². The maximum absolute atomic E-state index is 11.4. The SMILES string of the molecule is CNC(=O)N1CCCN(CCN)CC1. The number of hydrogen-bond acceptors (Lipinski definition) is 3. The highest BCUT2D eigenvalue weighted by Crippen LogP contribution is 2.02. The molecule has 0 aromatic heterocycles.